The Morgan fingerprint density at radius 1 is 1.47 bits per heavy atom. The van der Waals surface area contributed by atoms with E-state index < -0.39 is 0 Å². The number of aryl methyl sites for hydroxylation is 2. The van der Waals surface area contributed by atoms with Crippen molar-refractivity contribution in [3.05, 3.63) is 35.8 Å². The normalized spacial score (nSPS) is 10.5. The molecule has 0 aromatic carbocycles. The molecule has 0 saturated heterocycles. The smallest absolute Gasteiger partial charge is 0.144 e. The van der Waals surface area contributed by atoms with Crippen LogP contribution < -0.4 is 5.59 Å². The predicted molar refractivity (Wildman–Crippen MR) is 60.9 cm³/mol. The number of hydrogen-bond donors (Lipinski definition) is 0. The maximum Gasteiger partial charge on any atom is 0.144 e. The van der Waals surface area contributed by atoms with Gasteiger partial charge in [-0.05, 0) is 31.0 Å². The van der Waals surface area contributed by atoms with Crippen LogP contribution in [0.1, 0.15) is 18.2 Å². The molecule has 74 valence electrons. The summed E-state index contributed by atoms with van der Waals surface area (Å²) in [6, 6.07) is 3.77. The minimum atomic E-state index is 0.502. The molecule has 15 heavy (non-hydrogen) atoms. The summed E-state index contributed by atoms with van der Waals surface area (Å²) in [5, 5.41) is 4.46. The number of rotatable bonds is 2. The van der Waals surface area contributed by atoms with Gasteiger partial charge >= 0.3 is 0 Å². The Kier molecular flexibility index (Phi) is 2.58. The van der Waals surface area contributed by atoms with Crippen molar-refractivity contribution in [2.45, 2.75) is 20.3 Å². The summed E-state index contributed by atoms with van der Waals surface area (Å²) in [6.07, 6.45) is 4.58. The van der Waals surface area contributed by atoms with Gasteiger partial charge in [0.25, 0.3) is 0 Å². The van der Waals surface area contributed by atoms with E-state index in [4.69, 9.17) is 7.85 Å². The van der Waals surface area contributed by atoms with Crippen LogP contribution >= 0.6 is 0 Å². The average Bonchev–Trinajstić information content (AvgIpc) is 2.60. The van der Waals surface area contributed by atoms with Gasteiger partial charge in [0.1, 0.15) is 7.85 Å². The lowest BCUT2D eigenvalue weighted by atomic mass is 10.0. The quantitative estimate of drug-likeness (QED) is 0.670. The number of hydrogen-bond acceptors (Lipinski definition) is 2. The van der Waals surface area contributed by atoms with Crippen molar-refractivity contribution in [3.8, 4) is 5.69 Å². The second-order valence-corrected chi connectivity index (χ2v) is 3.46. The van der Waals surface area contributed by atoms with Crippen LogP contribution in [0.5, 0.6) is 0 Å². The van der Waals surface area contributed by atoms with Gasteiger partial charge in [0.15, 0.2) is 0 Å². The van der Waals surface area contributed by atoms with E-state index in [0.717, 1.165) is 17.8 Å². The topological polar surface area (TPSA) is 30.7 Å². The molecule has 0 N–H and O–H groups in total. The van der Waals surface area contributed by atoms with E-state index in [1.165, 1.54) is 5.56 Å². The van der Waals surface area contributed by atoms with Crippen molar-refractivity contribution in [1.29, 1.82) is 0 Å². The zero-order chi connectivity index (χ0) is 10.8. The highest BCUT2D eigenvalue weighted by atomic mass is 15.3. The molecular formula is C11H12BN3. The summed E-state index contributed by atoms with van der Waals surface area (Å²) >= 11 is 0. The SMILES string of the molecule is [B]c1ncccc1-n1cc(C)c(CC)n1. The lowest BCUT2D eigenvalue weighted by molar-refractivity contribution is 0.842. The van der Waals surface area contributed by atoms with Crippen molar-refractivity contribution < 1.29 is 0 Å². The number of nitrogens with zero attached hydrogens (tertiary/aromatic N) is 3. The molecule has 2 heterocycles. The lowest BCUT2D eigenvalue weighted by Crippen LogP contribution is -2.16. The highest BCUT2D eigenvalue weighted by Crippen LogP contribution is 2.09. The van der Waals surface area contributed by atoms with Crippen molar-refractivity contribution in [3.63, 3.8) is 0 Å². The van der Waals surface area contributed by atoms with Gasteiger partial charge in [-0.25, -0.2) is 4.68 Å². The average molecular weight is 197 g/mol. The zero-order valence-corrected chi connectivity index (χ0v) is 8.94. The molecule has 3 nitrogen and oxygen atoms in total. The molecule has 2 rings (SSSR count). The molecule has 0 unspecified atom stereocenters. The van der Waals surface area contributed by atoms with Crippen LogP contribution in [0.15, 0.2) is 24.5 Å². The maximum atomic E-state index is 5.78. The molecule has 2 aromatic rings. The van der Waals surface area contributed by atoms with E-state index in [9.17, 15) is 0 Å². The van der Waals surface area contributed by atoms with Crippen molar-refractivity contribution >= 4 is 13.4 Å². The molecule has 0 bridgehead atoms. The van der Waals surface area contributed by atoms with Gasteiger partial charge in [0.05, 0.1) is 11.4 Å². The minimum Gasteiger partial charge on any atom is -0.271 e. The first kappa shape index (κ1) is 9.96. The van der Waals surface area contributed by atoms with Gasteiger partial charge in [0, 0.05) is 18.0 Å². The van der Waals surface area contributed by atoms with Gasteiger partial charge in [-0.1, -0.05) is 6.92 Å². The molecular weight excluding hydrogens is 185 g/mol. The second kappa shape index (κ2) is 3.89. The summed E-state index contributed by atoms with van der Waals surface area (Å²) in [5.74, 6) is 0. The highest BCUT2D eigenvalue weighted by molar-refractivity contribution is 6.32. The Morgan fingerprint density at radius 3 is 2.87 bits per heavy atom. The summed E-state index contributed by atoms with van der Waals surface area (Å²) in [6.45, 7) is 4.14. The highest BCUT2D eigenvalue weighted by Gasteiger charge is 2.06. The van der Waals surface area contributed by atoms with Crippen molar-refractivity contribution in [2.24, 2.45) is 0 Å². The lowest BCUT2D eigenvalue weighted by Gasteiger charge is -2.03. The van der Waals surface area contributed by atoms with Crippen molar-refractivity contribution in [1.82, 2.24) is 14.8 Å². The van der Waals surface area contributed by atoms with Crippen LogP contribution in [-0.2, 0) is 6.42 Å². The number of aromatic nitrogens is 3. The molecule has 2 aromatic heterocycles. The monoisotopic (exact) mass is 197 g/mol. The van der Waals surface area contributed by atoms with E-state index >= 15 is 0 Å². The molecule has 0 fully saturated rings. The van der Waals surface area contributed by atoms with E-state index in [1.54, 1.807) is 10.9 Å². The largest absolute Gasteiger partial charge is 0.271 e. The maximum absolute atomic E-state index is 5.78. The van der Waals surface area contributed by atoms with E-state index in [2.05, 4.69) is 23.9 Å². The van der Waals surface area contributed by atoms with Crippen LogP contribution in [0, 0.1) is 6.92 Å². The number of pyridine rings is 1. The molecule has 0 aliphatic heterocycles. The first-order valence-corrected chi connectivity index (χ1v) is 4.98. The first-order valence-electron chi connectivity index (χ1n) is 4.98. The molecule has 0 saturated carbocycles. The van der Waals surface area contributed by atoms with Gasteiger partial charge in [-0.15, -0.1) is 0 Å². The van der Waals surface area contributed by atoms with E-state index in [-0.39, 0.29) is 0 Å². The van der Waals surface area contributed by atoms with E-state index in [0.29, 0.717) is 5.59 Å². The second-order valence-electron chi connectivity index (χ2n) is 3.46. The van der Waals surface area contributed by atoms with Crippen LogP contribution in [-0.4, -0.2) is 22.6 Å². The van der Waals surface area contributed by atoms with Gasteiger partial charge in [-0.2, -0.15) is 5.10 Å². The van der Waals surface area contributed by atoms with Crippen LogP contribution in [0.2, 0.25) is 0 Å². The zero-order valence-electron chi connectivity index (χ0n) is 8.94. The molecule has 0 atom stereocenters. The Labute approximate surface area is 90.6 Å². The summed E-state index contributed by atoms with van der Waals surface area (Å²) in [4.78, 5) is 4.04. The minimum absolute atomic E-state index is 0.502. The third kappa shape index (κ3) is 1.80. The molecule has 0 aliphatic carbocycles. The van der Waals surface area contributed by atoms with Gasteiger partial charge in [-0.3, -0.25) is 4.98 Å². The van der Waals surface area contributed by atoms with Gasteiger partial charge in [0.2, 0.25) is 0 Å². The Morgan fingerprint density at radius 2 is 2.27 bits per heavy atom. The molecule has 0 amide bonds. The third-order valence-electron chi connectivity index (χ3n) is 2.40. The summed E-state index contributed by atoms with van der Waals surface area (Å²) in [5.41, 5.74) is 3.61. The van der Waals surface area contributed by atoms with Gasteiger partial charge < -0.3 is 0 Å². The molecule has 4 heteroatoms. The fraction of sp³-hybridized carbons (Fsp3) is 0.273. The first-order chi connectivity index (χ1) is 7.22. The summed E-state index contributed by atoms with van der Waals surface area (Å²) < 4.78 is 1.79. The molecule has 0 spiro atoms. The summed E-state index contributed by atoms with van der Waals surface area (Å²) in [7, 11) is 5.78. The van der Waals surface area contributed by atoms with Crippen LogP contribution in [0.4, 0.5) is 0 Å². The fourth-order valence-corrected chi connectivity index (χ4v) is 1.57. The van der Waals surface area contributed by atoms with E-state index in [1.807, 2.05) is 18.3 Å². The Hall–Kier alpha value is -1.58. The predicted octanol–water partition coefficient (Wildman–Crippen LogP) is 0.932. The Bertz CT molecular complexity index is 476. The van der Waals surface area contributed by atoms with Crippen LogP contribution in [0.3, 0.4) is 0 Å². The Balaban J connectivity index is 2.50. The fourth-order valence-electron chi connectivity index (χ4n) is 1.57. The third-order valence-corrected chi connectivity index (χ3v) is 2.40. The standard InChI is InChI=1S/C11H12BN3/c1-3-9-8(2)7-15(14-9)10-5-4-6-13-11(10)12/h4-7H,3H2,1-2H3. The molecule has 0 aliphatic rings. The van der Waals surface area contributed by atoms with Crippen molar-refractivity contribution in [2.75, 3.05) is 0 Å². The molecule has 2 radical (unpaired) electrons. The van der Waals surface area contributed by atoms with Crippen LogP contribution in [0.25, 0.3) is 5.69 Å².